The molecule has 5 heteroatoms. The summed E-state index contributed by atoms with van der Waals surface area (Å²) in [6.07, 6.45) is 2.38. The van der Waals surface area contributed by atoms with E-state index in [0.29, 0.717) is 22.0 Å². The number of rotatable bonds is 3. The highest BCUT2D eigenvalue weighted by Crippen LogP contribution is 2.32. The van der Waals surface area contributed by atoms with Crippen LogP contribution in [-0.2, 0) is 0 Å². The van der Waals surface area contributed by atoms with Crippen LogP contribution >= 0.6 is 11.6 Å². The number of aryl methyl sites for hydroxylation is 1. The lowest BCUT2D eigenvalue weighted by Crippen LogP contribution is -2.33. The fourth-order valence-corrected chi connectivity index (χ4v) is 3.34. The number of carbonyl (C=O) groups is 1. The zero-order valence-corrected chi connectivity index (χ0v) is 15.4. The van der Waals surface area contributed by atoms with Crippen LogP contribution in [0, 0.1) is 12.8 Å². The maximum atomic E-state index is 12.5. The third-order valence-electron chi connectivity index (χ3n) is 4.85. The summed E-state index contributed by atoms with van der Waals surface area (Å²) in [5.74, 6) is 0.583. The van der Waals surface area contributed by atoms with E-state index in [4.69, 9.17) is 17.3 Å². The van der Waals surface area contributed by atoms with E-state index in [1.165, 1.54) is 12.8 Å². The average molecular weight is 358 g/mol. The Morgan fingerprint density at radius 3 is 2.48 bits per heavy atom. The molecule has 3 rings (SSSR count). The molecule has 0 radical (unpaired) electrons. The molecule has 1 aliphatic heterocycles. The summed E-state index contributed by atoms with van der Waals surface area (Å²) >= 11 is 5.88. The van der Waals surface area contributed by atoms with Gasteiger partial charge in [0.15, 0.2) is 0 Å². The van der Waals surface area contributed by atoms with Crippen LogP contribution in [0.2, 0.25) is 5.02 Å². The van der Waals surface area contributed by atoms with Gasteiger partial charge in [-0.15, -0.1) is 0 Å². The summed E-state index contributed by atoms with van der Waals surface area (Å²) in [6, 6.07) is 10.7. The van der Waals surface area contributed by atoms with Crippen LogP contribution in [-0.4, -0.2) is 19.0 Å². The van der Waals surface area contributed by atoms with Crippen molar-refractivity contribution in [1.82, 2.24) is 0 Å². The number of halogens is 1. The molecule has 132 valence electrons. The summed E-state index contributed by atoms with van der Waals surface area (Å²) in [6.45, 7) is 6.44. The number of piperidine rings is 1. The third kappa shape index (κ3) is 4.07. The molecule has 2 aromatic rings. The molecule has 0 saturated carbocycles. The van der Waals surface area contributed by atoms with Gasteiger partial charge in [0.25, 0.3) is 5.91 Å². The Kier molecular flexibility index (Phi) is 5.19. The van der Waals surface area contributed by atoms with Crippen LogP contribution < -0.4 is 16.0 Å². The van der Waals surface area contributed by atoms with Gasteiger partial charge in [0, 0.05) is 29.4 Å². The maximum absolute atomic E-state index is 12.5. The van der Waals surface area contributed by atoms with Gasteiger partial charge in [0.1, 0.15) is 0 Å². The summed E-state index contributed by atoms with van der Waals surface area (Å²) in [5, 5.41) is 3.53. The zero-order chi connectivity index (χ0) is 18.0. The zero-order valence-electron chi connectivity index (χ0n) is 14.7. The monoisotopic (exact) mass is 357 g/mol. The minimum absolute atomic E-state index is 0.189. The molecule has 3 N–H and O–H groups in total. The molecule has 0 spiro atoms. The van der Waals surface area contributed by atoms with Crippen molar-refractivity contribution in [1.29, 1.82) is 0 Å². The molecule has 1 heterocycles. The van der Waals surface area contributed by atoms with Crippen LogP contribution in [0.3, 0.4) is 0 Å². The molecule has 1 aliphatic rings. The number of benzene rings is 2. The van der Waals surface area contributed by atoms with Crippen LogP contribution in [0.1, 0.15) is 35.7 Å². The van der Waals surface area contributed by atoms with Gasteiger partial charge >= 0.3 is 0 Å². The van der Waals surface area contributed by atoms with E-state index >= 15 is 0 Å². The number of nitrogens with two attached hydrogens (primary N) is 1. The lowest BCUT2D eigenvalue weighted by atomic mass is 9.98. The van der Waals surface area contributed by atoms with Gasteiger partial charge in [-0.05, 0) is 67.6 Å². The van der Waals surface area contributed by atoms with Crippen molar-refractivity contribution in [2.24, 2.45) is 5.92 Å². The Hall–Kier alpha value is -2.20. The number of hydrogen-bond acceptors (Lipinski definition) is 3. The molecule has 4 nitrogen and oxygen atoms in total. The highest BCUT2D eigenvalue weighted by atomic mass is 35.5. The van der Waals surface area contributed by atoms with Crippen molar-refractivity contribution in [3.05, 3.63) is 52.5 Å². The van der Waals surface area contributed by atoms with Gasteiger partial charge in [-0.1, -0.05) is 18.5 Å². The molecule has 2 aromatic carbocycles. The highest BCUT2D eigenvalue weighted by Gasteiger charge is 2.19. The standard InChI is InChI=1S/C20H24ClN3O/c1-13-7-9-24(10-8-13)19-12-18(17(22)11-14(19)2)23-20(25)15-3-5-16(21)6-4-15/h3-6,11-13H,7-10,22H2,1-2H3,(H,23,25). The van der Waals surface area contributed by atoms with Gasteiger partial charge < -0.3 is 16.0 Å². The second-order valence-electron chi connectivity index (χ2n) is 6.86. The largest absolute Gasteiger partial charge is 0.397 e. The predicted octanol–water partition coefficient (Wildman–Crippen LogP) is 4.72. The molecular formula is C20H24ClN3O. The molecule has 1 fully saturated rings. The summed E-state index contributed by atoms with van der Waals surface area (Å²) in [4.78, 5) is 14.9. The number of amides is 1. The normalized spacial score (nSPS) is 15.2. The first-order valence-corrected chi connectivity index (χ1v) is 9.04. The second-order valence-corrected chi connectivity index (χ2v) is 7.29. The highest BCUT2D eigenvalue weighted by molar-refractivity contribution is 6.30. The van der Waals surface area contributed by atoms with Gasteiger partial charge in [-0.3, -0.25) is 4.79 Å². The van der Waals surface area contributed by atoms with Crippen LogP contribution in [0.4, 0.5) is 17.1 Å². The summed E-state index contributed by atoms with van der Waals surface area (Å²) < 4.78 is 0. The van der Waals surface area contributed by atoms with E-state index in [1.807, 2.05) is 12.1 Å². The quantitative estimate of drug-likeness (QED) is 0.781. The lowest BCUT2D eigenvalue weighted by molar-refractivity contribution is 0.102. The number of nitrogens with zero attached hydrogens (tertiary/aromatic N) is 1. The van der Waals surface area contributed by atoms with E-state index in [9.17, 15) is 4.79 Å². The Bertz CT molecular complexity index is 765. The molecule has 1 amide bonds. The topological polar surface area (TPSA) is 58.4 Å². The predicted molar refractivity (Wildman–Crippen MR) is 106 cm³/mol. The first-order valence-electron chi connectivity index (χ1n) is 8.66. The summed E-state index contributed by atoms with van der Waals surface area (Å²) in [7, 11) is 0. The fourth-order valence-electron chi connectivity index (χ4n) is 3.21. The van der Waals surface area contributed by atoms with Gasteiger partial charge in [0.2, 0.25) is 0 Å². The van der Waals surface area contributed by atoms with Crippen LogP contribution in [0.25, 0.3) is 0 Å². The average Bonchev–Trinajstić information content (AvgIpc) is 2.59. The van der Waals surface area contributed by atoms with Crippen molar-refractivity contribution in [2.75, 3.05) is 29.0 Å². The third-order valence-corrected chi connectivity index (χ3v) is 5.10. The van der Waals surface area contributed by atoms with Gasteiger partial charge in [-0.25, -0.2) is 0 Å². The van der Waals surface area contributed by atoms with Crippen molar-refractivity contribution in [3.63, 3.8) is 0 Å². The van der Waals surface area contributed by atoms with Crippen molar-refractivity contribution >= 4 is 34.6 Å². The molecule has 25 heavy (non-hydrogen) atoms. The van der Waals surface area contributed by atoms with E-state index in [-0.39, 0.29) is 5.91 Å². The Balaban J connectivity index is 1.82. The first kappa shape index (κ1) is 17.6. The minimum atomic E-state index is -0.189. The van der Waals surface area contributed by atoms with E-state index in [1.54, 1.807) is 24.3 Å². The van der Waals surface area contributed by atoms with Crippen LogP contribution in [0.15, 0.2) is 36.4 Å². The van der Waals surface area contributed by atoms with Crippen molar-refractivity contribution in [2.45, 2.75) is 26.7 Å². The van der Waals surface area contributed by atoms with Gasteiger partial charge in [0.05, 0.1) is 11.4 Å². The Morgan fingerprint density at radius 2 is 1.84 bits per heavy atom. The molecule has 0 aromatic heterocycles. The fraction of sp³-hybridized carbons (Fsp3) is 0.350. The van der Waals surface area contributed by atoms with Crippen molar-refractivity contribution in [3.8, 4) is 0 Å². The number of nitrogen functional groups attached to an aromatic ring is 1. The Labute approximate surface area is 154 Å². The molecule has 1 saturated heterocycles. The SMILES string of the molecule is Cc1cc(N)c(NC(=O)c2ccc(Cl)cc2)cc1N1CCC(C)CC1. The number of hydrogen-bond donors (Lipinski definition) is 2. The summed E-state index contributed by atoms with van der Waals surface area (Å²) in [5.41, 5.74) is 10.2. The Morgan fingerprint density at radius 1 is 1.20 bits per heavy atom. The van der Waals surface area contributed by atoms with Gasteiger partial charge in [-0.2, -0.15) is 0 Å². The molecule has 0 unspecified atom stereocenters. The molecular weight excluding hydrogens is 334 g/mol. The van der Waals surface area contributed by atoms with E-state index in [2.05, 4.69) is 24.1 Å². The van der Waals surface area contributed by atoms with Crippen LogP contribution in [0.5, 0.6) is 0 Å². The van der Waals surface area contributed by atoms with E-state index in [0.717, 1.165) is 30.3 Å². The maximum Gasteiger partial charge on any atom is 0.255 e. The molecule has 0 bridgehead atoms. The second kappa shape index (κ2) is 7.36. The minimum Gasteiger partial charge on any atom is -0.397 e. The number of carbonyl (C=O) groups excluding carboxylic acids is 1. The number of anilines is 3. The smallest absolute Gasteiger partial charge is 0.255 e. The van der Waals surface area contributed by atoms with Crippen molar-refractivity contribution < 1.29 is 4.79 Å². The van der Waals surface area contributed by atoms with E-state index < -0.39 is 0 Å². The lowest BCUT2D eigenvalue weighted by Gasteiger charge is -2.33. The first-order chi connectivity index (χ1) is 11.9. The molecule has 0 aliphatic carbocycles. The molecule has 0 atom stereocenters. The number of nitrogens with one attached hydrogen (secondary N) is 1.